The molecule has 0 bridgehead atoms. The molecule has 0 radical (unpaired) electrons. The Bertz CT molecular complexity index is 847. The van der Waals surface area contributed by atoms with Crippen LogP contribution >= 0.6 is 0 Å². The minimum Gasteiger partial charge on any atom is -0.475 e. The first-order chi connectivity index (χ1) is 14.4. The van der Waals surface area contributed by atoms with Crippen LogP contribution in [0.4, 0.5) is 8.78 Å². The molecule has 8 nitrogen and oxygen atoms in total. The number of amides is 1. The summed E-state index contributed by atoms with van der Waals surface area (Å²) in [7, 11) is 0. The molecule has 2 aromatic rings. The Balaban J connectivity index is 1.40. The molecule has 0 unspecified atom stereocenters. The molecule has 3 rings (SSSR count). The standard InChI is InChI=1S/C20H24F2N4O4/c1-12(26-13(2)27)8-28-17-5-14(6-17)9-29-19-18(22)20(25-11-24-19)30-10-16-4-3-15(21)7-23-16/h3-4,7,11-12,14,17H,5-6,8-10H2,1-2H3,(H,26,27)/t12-,14?,17?/m0/s1. The zero-order chi connectivity index (χ0) is 21.5. The maximum atomic E-state index is 14.5. The van der Waals surface area contributed by atoms with E-state index in [9.17, 15) is 13.6 Å². The first-order valence-electron chi connectivity index (χ1n) is 9.66. The van der Waals surface area contributed by atoms with E-state index in [-0.39, 0.29) is 42.3 Å². The molecular weight excluding hydrogens is 398 g/mol. The minimum absolute atomic E-state index is 0.0450. The number of halogens is 2. The number of aromatic nitrogens is 3. The van der Waals surface area contributed by atoms with Crippen molar-refractivity contribution in [3.05, 3.63) is 42.0 Å². The van der Waals surface area contributed by atoms with Crippen molar-refractivity contribution in [1.29, 1.82) is 0 Å². The molecule has 10 heteroatoms. The van der Waals surface area contributed by atoms with E-state index < -0.39 is 11.6 Å². The number of nitrogens with one attached hydrogen (secondary N) is 1. The maximum Gasteiger partial charge on any atom is 0.258 e. The van der Waals surface area contributed by atoms with Crippen LogP contribution in [0.15, 0.2) is 24.7 Å². The summed E-state index contributed by atoms with van der Waals surface area (Å²) in [6, 6.07) is 2.64. The molecule has 1 atom stereocenters. The van der Waals surface area contributed by atoms with E-state index in [1.165, 1.54) is 19.1 Å². The monoisotopic (exact) mass is 422 g/mol. The van der Waals surface area contributed by atoms with Gasteiger partial charge in [0.15, 0.2) is 0 Å². The van der Waals surface area contributed by atoms with Crippen molar-refractivity contribution in [2.75, 3.05) is 13.2 Å². The second-order valence-electron chi connectivity index (χ2n) is 7.26. The van der Waals surface area contributed by atoms with Gasteiger partial charge in [0, 0.05) is 13.0 Å². The second kappa shape index (κ2) is 10.2. The van der Waals surface area contributed by atoms with Gasteiger partial charge >= 0.3 is 0 Å². The molecule has 2 aromatic heterocycles. The van der Waals surface area contributed by atoms with E-state index in [4.69, 9.17) is 14.2 Å². The zero-order valence-corrected chi connectivity index (χ0v) is 16.8. The van der Waals surface area contributed by atoms with Crippen molar-refractivity contribution < 1.29 is 27.8 Å². The van der Waals surface area contributed by atoms with Gasteiger partial charge in [0.1, 0.15) is 18.8 Å². The molecule has 1 amide bonds. The highest BCUT2D eigenvalue weighted by Crippen LogP contribution is 2.31. The second-order valence-corrected chi connectivity index (χ2v) is 7.26. The SMILES string of the molecule is CC(=O)N[C@@H](C)COC1CC(COc2ncnc(OCc3ccc(F)cn3)c2F)C1. The van der Waals surface area contributed by atoms with Gasteiger partial charge in [0.2, 0.25) is 11.7 Å². The van der Waals surface area contributed by atoms with Crippen LogP contribution < -0.4 is 14.8 Å². The molecule has 0 aliphatic heterocycles. The molecule has 1 saturated carbocycles. The van der Waals surface area contributed by atoms with E-state index in [2.05, 4.69) is 20.3 Å². The number of hydrogen-bond donors (Lipinski definition) is 1. The van der Waals surface area contributed by atoms with E-state index >= 15 is 0 Å². The summed E-state index contributed by atoms with van der Waals surface area (Å²) in [6.45, 7) is 4.03. The lowest BCUT2D eigenvalue weighted by molar-refractivity contribution is -0.120. The third-order valence-corrected chi connectivity index (χ3v) is 4.55. The number of carbonyl (C=O) groups excluding carboxylic acids is 1. The lowest BCUT2D eigenvalue weighted by Crippen LogP contribution is -2.40. The lowest BCUT2D eigenvalue weighted by atomic mass is 9.83. The highest BCUT2D eigenvalue weighted by molar-refractivity contribution is 5.73. The summed E-state index contributed by atoms with van der Waals surface area (Å²) in [5, 5.41) is 2.76. The number of carbonyl (C=O) groups is 1. The molecular formula is C20H24F2N4O4. The topological polar surface area (TPSA) is 95.5 Å². The van der Waals surface area contributed by atoms with Crippen LogP contribution in [0.25, 0.3) is 0 Å². The van der Waals surface area contributed by atoms with Crippen LogP contribution in [0.3, 0.4) is 0 Å². The van der Waals surface area contributed by atoms with Crippen LogP contribution in [-0.4, -0.2) is 46.2 Å². The van der Waals surface area contributed by atoms with Crippen molar-refractivity contribution in [1.82, 2.24) is 20.3 Å². The fraction of sp³-hybridized carbons (Fsp3) is 0.500. The van der Waals surface area contributed by atoms with Crippen LogP contribution in [-0.2, 0) is 16.1 Å². The summed E-state index contributed by atoms with van der Waals surface area (Å²) in [5.74, 6) is -1.56. The van der Waals surface area contributed by atoms with Gasteiger partial charge in [-0.1, -0.05) is 0 Å². The van der Waals surface area contributed by atoms with Crippen LogP contribution in [0.2, 0.25) is 0 Å². The van der Waals surface area contributed by atoms with Gasteiger partial charge in [0.05, 0.1) is 31.2 Å². The van der Waals surface area contributed by atoms with Crippen molar-refractivity contribution in [3.8, 4) is 11.8 Å². The Labute approximate surface area is 173 Å². The fourth-order valence-electron chi connectivity index (χ4n) is 2.99. The van der Waals surface area contributed by atoms with E-state index in [1.54, 1.807) is 0 Å². The van der Waals surface area contributed by atoms with Gasteiger partial charge in [-0.25, -0.2) is 4.39 Å². The number of hydrogen-bond acceptors (Lipinski definition) is 7. The number of nitrogens with zero attached hydrogens (tertiary/aromatic N) is 3. The zero-order valence-electron chi connectivity index (χ0n) is 16.8. The van der Waals surface area contributed by atoms with Crippen molar-refractivity contribution in [3.63, 3.8) is 0 Å². The molecule has 0 saturated heterocycles. The minimum atomic E-state index is -0.795. The van der Waals surface area contributed by atoms with E-state index in [1.807, 2.05) is 6.92 Å². The van der Waals surface area contributed by atoms with Gasteiger partial charge < -0.3 is 19.5 Å². The Morgan fingerprint density at radius 2 is 1.93 bits per heavy atom. The summed E-state index contributed by atoms with van der Waals surface area (Å²) >= 11 is 0. The predicted octanol–water partition coefficient (Wildman–Crippen LogP) is 2.43. The number of pyridine rings is 1. The Morgan fingerprint density at radius 1 is 1.20 bits per heavy atom. The summed E-state index contributed by atoms with van der Waals surface area (Å²) in [4.78, 5) is 22.4. The highest BCUT2D eigenvalue weighted by atomic mass is 19.1. The summed E-state index contributed by atoms with van der Waals surface area (Å²) in [5.41, 5.74) is 0.435. The van der Waals surface area contributed by atoms with Gasteiger partial charge in [-0.2, -0.15) is 14.4 Å². The average molecular weight is 422 g/mol. The molecule has 1 aliphatic rings. The number of ether oxygens (including phenoxy) is 3. The third-order valence-electron chi connectivity index (χ3n) is 4.55. The van der Waals surface area contributed by atoms with E-state index in [0.717, 1.165) is 25.4 Å². The molecule has 162 valence electrons. The Kier molecular flexibility index (Phi) is 7.45. The summed E-state index contributed by atoms with van der Waals surface area (Å²) < 4.78 is 43.9. The van der Waals surface area contributed by atoms with Crippen molar-refractivity contribution in [2.24, 2.45) is 5.92 Å². The fourth-order valence-corrected chi connectivity index (χ4v) is 2.99. The Hall–Kier alpha value is -2.88. The molecule has 0 spiro atoms. The molecule has 30 heavy (non-hydrogen) atoms. The first-order valence-corrected chi connectivity index (χ1v) is 9.66. The van der Waals surface area contributed by atoms with Crippen LogP contribution in [0.1, 0.15) is 32.4 Å². The molecule has 1 N–H and O–H groups in total. The molecule has 2 heterocycles. The average Bonchev–Trinajstić information content (AvgIpc) is 2.67. The van der Waals surface area contributed by atoms with Crippen LogP contribution in [0, 0.1) is 17.6 Å². The normalized spacial score (nSPS) is 18.9. The molecule has 1 fully saturated rings. The van der Waals surface area contributed by atoms with Crippen molar-refractivity contribution in [2.45, 2.75) is 45.4 Å². The molecule has 1 aliphatic carbocycles. The third kappa shape index (κ3) is 6.31. The lowest BCUT2D eigenvalue weighted by Gasteiger charge is -2.35. The quantitative estimate of drug-likeness (QED) is 0.628. The van der Waals surface area contributed by atoms with Gasteiger partial charge in [-0.3, -0.25) is 9.78 Å². The van der Waals surface area contributed by atoms with E-state index in [0.29, 0.717) is 18.9 Å². The van der Waals surface area contributed by atoms with Gasteiger partial charge in [0.25, 0.3) is 11.8 Å². The molecule has 0 aromatic carbocycles. The largest absolute Gasteiger partial charge is 0.475 e. The maximum absolute atomic E-state index is 14.5. The Morgan fingerprint density at radius 3 is 2.60 bits per heavy atom. The first kappa shape index (κ1) is 21.8. The highest BCUT2D eigenvalue weighted by Gasteiger charge is 2.31. The smallest absolute Gasteiger partial charge is 0.258 e. The summed E-state index contributed by atoms with van der Waals surface area (Å²) in [6.07, 6.45) is 3.90. The van der Waals surface area contributed by atoms with Gasteiger partial charge in [-0.15, -0.1) is 0 Å². The van der Waals surface area contributed by atoms with Crippen LogP contribution in [0.5, 0.6) is 11.8 Å². The van der Waals surface area contributed by atoms with Gasteiger partial charge in [-0.05, 0) is 37.8 Å². The number of rotatable bonds is 10. The van der Waals surface area contributed by atoms with Crippen molar-refractivity contribution >= 4 is 5.91 Å². The predicted molar refractivity (Wildman–Crippen MR) is 102 cm³/mol.